The number of oxazole rings is 1. The fourth-order valence-electron chi connectivity index (χ4n) is 3.48. The number of hydrogen-bond acceptors (Lipinski definition) is 5. The van der Waals surface area contributed by atoms with E-state index in [1.165, 1.54) is 0 Å². The fourth-order valence-corrected chi connectivity index (χ4v) is 4.09. The summed E-state index contributed by atoms with van der Waals surface area (Å²) in [5, 5.41) is 6.45. The van der Waals surface area contributed by atoms with Crippen molar-refractivity contribution in [3.63, 3.8) is 0 Å². The van der Waals surface area contributed by atoms with E-state index in [-0.39, 0.29) is 10.9 Å². The number of benzene rings is 3. The minimum Gasteiger partial charge on any atom is -0.451 e. The molecule has 0 spiro atoms. The van der Waals surface area contributed by atoms with Crippen LogP contribution in [-0.2, 0) is 0 Å². The second-order valence-electron chi connectivity index (χ2n) is 7.74. The number of anilines is 1. The van der Waals surface area contributed by atoms with Gasteiger partial charge in [0.15, 0.2) is 16.5 Å². The van der Waals surface area contributed by atoms with Gasteiger partial charge in [0.05, 0.1) is 10.0 Å². The van der Waals surface area contributed by atoms with E-state index in [1.54, 1.807) is 30.3 Å². The maximum atomic E-state index is 12.6. The lowest BCUT2D eigenvalue weighted by atomic mass is 10.2. The number of halogens is 2. The second kappa shape index (κ2) is 9.54. The molecule has 0 unspecified atom stereocenters. The van der Waals surface area contributed by atoms with E-state index < -0.39 is 5.91 Å². The summed E-state index contributed by atoms with van der Waals surface area (Å²) in [7, 11) is 0. The molecule has 1 amide bonds. The van der Waals surface area contributed by atoms with Crippen molar-refractivity contribution in [2.24, 2.45) is 0 Å². The monoisotopic (exact) mass is 521 g/mol. The van der Waals surface area contributed by atoms with Crippen molar-refractivity contribution in [2.45, 2.75) is 6.92 Å². The minimum atomic E-state index is -0.495. The van der Waals surface area contributed by atoms with Crippen LogP contribution in [0.2, 0.25) is 10.0 Å². The molecule has 35 heavy (non-hydrogen) atoms. The van der Waals surface area contributed by atoms with Crippen molar-refractivity contribution in [2.75, 3.05) is 5.32 Å². The van der Waals surface area contributed by atoms with Crippen LogP contribution in [0, 0.1) is 6.92 Å². The highest BCUT2D eigenvalue weighted by atomic mass is 35.5. The molecular weight excluding hydrogens is 505 g/mol. The molecule has 2 N–H and O–H groups in total. The van der Waals surface area contributed by atoms with E-state index in [0.717, 1.165) is 22.2 Å². The van der Waals surface area contributed by atoms with E-state index in [2.05, 4.69) is 15.6 Å². The van der Waals surface area contributed by atoms with E-state index in [0.29, 0.717) is 32.9 Å². The molecule has 0 saturated heterocycles. The Balaban J connectivity index is 1.23. The highest BCUT2D eigenvalue weighted by molar-refractivity contribution is 7.80. The van der Waals surface area contributed by atoms with E-state index >= 15 is 0 Å². The molecule has 2 aromatic heterocycles. The third-order valence-corrected chi connectivity index (χ3v) is 6.23. The normalized spacial score (nSPS) is 10.9. The largest absolute Gasteiger partial charge is 0.451 e. The molecule has 0 radical (unpaired) electrons. The van der Waals surface area contributed by atoms with Crippen molar-refractivity contribution in [1.82, 2.24) is 10.3 Å². The number of fused-ring (bicyclic) bond motifs is 1. The topological polar surface area (TPSA) is 80.3 Å². The SMILES string of the molecule is Cc1ccc2oc(-c3ccc(NC(=S)NC(=O)c4ccc(-c5cccc(Cl)c5Cl)o4)cc3)nc2c1. The Hall–Kier alpha value is -3.65. The van der Waals surface area contributed by atoms with Gasteiger partial charge in [-0.05, 0) is 85.4 Å². The molecule has 174 valence electrons. The van der Waals surface area contributed by atoms with Crippen LogP contribution in [0.1, 0.15) is 16.1 Å². The van der Waals surface area contributed by atoms with Crippen LogP contribution >= 0.6 is 35.4 Å². The first-order valence-electron chi connectivity index (χ1n) is 10.5. The van der Waals surface area contributed by atoms with Crippen molar-refractivity contribution >= 4 is 63.2 Å². The lowest BCUT2D eigenvalue weighted by Gasteiger charge is -2.09. The summed E-state index contributed by atoms with van der Waals surface area (Å²) >= 11 is 17.6. The molecule has 0 aliphatic heterocycles. The highest BCUT2D eigenvalue weighted by Gasteiger charge is 2.16. The Morgan fingerprint density at radius 3 is 2.57 bits per heavy atom. The molecule has 0 atom stereocenters. The van der Waals surface area contributed by atoms with Crippen LogP contribution in [0.5, 0.6) is 0 Å². The van der Waals surface area contributed by atoms with Gasteiger partial charge < -0.3 is 14.2 Å². The zero-order chi connectivity index (χ0) is 24.5. The molecule has 0 saturated carbocycles. The van der Waals surface area contributed by atoms with Crippen molar-refractivity contribution in [1.29, 1.82) is 0 Å². The van der Waals surface area contributed by atoms with Gasteiger partial charge in [0, 0.05) is 16.8 Å². The first kappa shape index (κ1) is 23.1. The van der Waals surface area contributed by atoms with Gasteiger partial charge in [0.1, 0.15) is 11.3 Å². The summed E-state index contributed by atoms with van der Waals surface area (Å²) in [6, 6.07) is 21.6. The van der Waals surface area contributed by atoms with E-state index in [4.69, 9.17) is 44.3 Å². The molecule has 0 fully saturated rings. The smallest absolute Gasteiger partial charge is 0.293 e. The lowest BCUT2D eigenvalue weighted by molar-refractivity contribution is 0.0951. The maximum Gasteiger partial charge on any atom is 0.293 e. The number of nitrogens with one attached hydrogen (secondary N) is 2. The molecule has 5 rings (SSSR count). The van der Waals surface area contributed by atoms with E-state index in [1.807, 2.05) is 49.4 Å². The molecule has 0 bridgehead atoms. The first-order valence-corrected chi connectivity index (χ1v) is 11.7. The van der Waals surface area contributed by atoms with Gasteiger partial charge in [-0.3, -0.25) is 10.1 Å². The average Bonchev–Trinajstić information content (AvgIpc) is 3.48. The average molecular weight is 522 g/mol. The van der Waals surface area contributed by atoms with Crippen LogP contribution < -0.4 is 10.6 Å². The van der Waals surface area contributed by atoms with Gasteiger partial charge in [0.2, 0.25) is 5.89 Å². The Morgan fingerprint density at radius 2 is 1.77 bits per heavy atom. The lowest BCUT2D eigenvalue weighted by Crippen LogP contribution is -2.33. The van der Waals surface area contributed by atoms with E-state index in [9.17, 15) is 4.79 Å². The number of furan rings is 1. The number of aryl methyl sites for hydroxylation is 1. The summed E-state index contributed by atoms with van der Waals surface area (Å²) < 4.78 is 11.5. The Morgan fingerprint density at radius 1 is 0.971 bits per heavy atom. The summed E-state index contributed by atoms with van der Waals surface area (Å²) in [5.74, 6) is 0.542. The first-order chi connectivity index (χ1) is 16.9. The number of carbonyl (C=O) groups is 1. The zero-order valence-electron chi connectivity index (χ0n) is 18.3. The van der Waals surface area contributed by atoms with Crippen LogP contribution in [0.25, 0.3) is 33.9 Å². The van der Waals surface area contributed by atoms with Gasteiger partial charge >= 0.3 is 0 Å². The number of aromatic nitrogens is 1. The molecule has 2 heterocycles. The van der Waals surface area contributed by atoms with Crippen LogP contribution in [0.4, 0.5) is 5.69 Å². The third kappa shape index (κ3) is 4.93. The highest BCUT2D eigenvalue weighted by Crippen LogP contribution is 2.34. The number of carbonyl (C=O) groups excluding carboxylic acids is 1. The molecule has 0 aliphatic carbocycles. The van der Waals surface area contributed by atoms with Gasteiger partial charge in [0.25, 0.3) is 5.91 Å². The van der Waals surface area contributed by atoms with Gasteiger partial charge in [-0.2, -0.15) is 0 Å². The van der Waals surface area contributed by atoms with Gasteiger partial charge in [-0.25, -0.2) is 4.98 Å². The number of rotatable bonds is 4. The molecule has 5 aromatic rings. The van der Waals surface area contributed by atoms with Crippen LogP contribution in [0.15, 0.2) is 81.6 Å². The summed E-state index contributed by atoms with van der Waals surface area (Å²) in [5.41, 5.74) is 4.76. The Bertz CT molecular complexity index is 1570. The number of amides is 1. The Kier molecular flexibility index (Phi) is 6.30. The fraction of sp³-hybridized carbons (Fsp3) is 0.0385. The van der Waals surface area contributed by atoms with Crippen LogP contribution in [0.3, 0.4) is 0 Å². The van der Waals surface area contributed by atoms with Gasteiger partial charge in [-0.15, -0.1) is 0 Å². The Labute approximate surface area is 215 Å². The van der Waals surface area contributed by atoms with Gasteiger partial charge in [-0.1, -0.05) is 35.3 Å². The predicted molar refractivity (Wildman–Crippen MR) is 142 cm³/mol. The maximum absolute atomic E-state index is 12.6. The second-order valence-corrected chi connectivity index (χ2v) is 8.93. The van der Waals surface area contributed by atoms with Crippen molar-refractivity contribution in [3.05, 3.63) is 94.2 Å². The van der Waals surface area contributed by atoms with Crippen molar-refractivity contribution < 1.29 is 13.6 Å². The number of nitrogens with zero attached hydrogens (tertiary/aromatic N) is 1. The molecule has 9 heteroatoms. The predicted octanol–water partition coefficient (Wildman–Crippen LogP) is 7.50. The minimum absolute atomic E-state index is 0.0849. The third-order valence-electron chi connectivity index (χ3n) is 5.21. The van der Waals surface area contributed by atoms with Crippen molar-refractivity contribution in [3.8, 4) is 22.8 Å². The van der Waals surface area contributed by atoms with Crippen LogP contribution in [-0.4, -0.2) is 16.0 Å². The summed E-state index contributed by atoms with van der Waals surface area (Å²) in [6.07, 6.45) is 0. The summed E-state index contributed by atoms with van der Waals surface area (Å²) in [6.45, 7) is 2.01. The summed E-state index contributed by atoms with van der Waals surface area (Å²) in [4.78, 5) is 17.1. The quantitative estimate of drug-likeness (QED) is 0.238. The standard InChI is InChI=1S/C26H17Cl2N3O3S/c1-14-5-10-21-19(13-14)30-25(34-21)15-6-8-16(9-7-15)29-26(35)31-24(32)22-12-11-20(33-22)17-3-2-4-18(27)23(17)28/h2-13H,1H3,(H2,29,31,32,35). The molecule has 3 aromatic carbocycles. The molecule has 6 nitrogen and oxygen atoms in total. The molecular formula is C26H17Cl2N3O3S. The number of thiocarbonyl (C=S) groups is 1. The zero-order valence-corrected chi connectivity index (χ0v) is 20.6. The number of hydrogen-bond donors (Lipinski definition) is 2. The molecule has 0 aliphatic rings.